The number of amides is 2. The standard InChI is InChI=1S/C20H20FN5O3S/c1-9-16-19(23-8-24-20(16)30-17(9)18(22)28)26-14-4-3-11(21)5-15(14)29-13-6-12(7-13)25-10(2)27/h3-5,8,12-13H,6-7H2,1-2H3,(H2,22,28)(H,25,27)(H,23,24,26). The van der Waals surface area contributed by atoms with E-state index in [0.717, 1.165) is 0 Å². The topological polar surface area (TPSA) is 119 Å². The highest BCUT2D eigenvalue weighted by Gasteiger charge is 2.32. The predicted octanol–water partition coefficient (Wildman–Crippen LogP) is 3.03. The number of aryl methyl sites for hydroxylation is 1. The molecular formula is C20H20FN5O3S. The summed E-state index contributed by atoms with van der Waals surface area (Å²) < 4.78 is 19.8. The first-order chi connectivity index (χ1) is 14.3. The van der Waals surface area contributed by atoms with Crippen molar-refractivity contribution in [3.63, 3.8) is 0 Å². The fourth-order valence-corrected chi connectivity index (χ4v) is 4.47. The van der Waals surface area contributed by atoms with Crippen molar-refractivity contribution < 1.29 is 18.7 Å². The Morgan fingerprint density at radius 3 is 2.77 bits per heavy atom. The lowest BCUT2D eigenvalue weighted by Gasteiger charge is -2.36. The van der Waals surface area contributed by atoms with E-state index in [9.17, 15) is 14.0 Å². The molecule has 10 heteroatoms. The van der Waals surface area contributed by atoms with Crippen LogP contribution in [0.3, 0.4) is 0 Å². The van der Waals surface area contributed by atoms with Gasteiger partial charge >= 0.3 is 0 Å². The van der Waals surface area contributed by atoms with Gasteiger partial charge in [-0.2, -0.15) is 0 Å². The Bertz CT molecular complexity index is 1140. The molecule has 156 valence electrons. The van der Waals surface area contributed by atoms with Crippen LogP contribution in [0.25, 0.3) is 10.2 Å². The molecular weight excluding hydrogens is 409 g/mol. The van der Waals surface area contributed by atoms with Crippen LogP contribution in [0.4, 0.5) is 15.9 Å². The Kier molecular flexibility index (Phi) is 5.25. The molecule has 1 aliphatic carbocycles. The third kappa shape index (κ3) is 3.90. The number of fused-ring (bicyclic) bond motifs is 1. The van der Waals surface area contributed by atoms with Gasteiger partial charge in [0.2, 0.25) is 5.91 Å². The number of aromatic nitrogens is 2. The fraction of sp³-hybridized carbons (Fsp3) is 0.300. The first kappa shape index (κ1) is 20.0. The molecule has 1 aliphatic rings. The predicted molar refractivity (Wildman–Crippen MR) is 112 cm³/mol. The zero-order valence-corrected chi connectivity index (χ0v) is 17.2. The van der Waals surface area contributed by atoms with E-state index in [2.05, 4.69) is 20.6 Å². The second-order valence-electron chi connectivity index (χ2n) is 7.20. The quantitative estimate of drug-likeness (QED) is 0.554. The molecule has 2 heterocycles. The van der Waals surface area contributed by atoms with Gasteiger partial charge in [0.25, 0.3) is 5.91 Å². The molecule has 1 aromatic carbocycles. The van der Waals surface area contributed by atoms with Crippen LogP contribution in [0, 0.1) is 12.7 Å². The molecule has 0 saturated heterocycles. The van der Waals surface area contributed by atoms with Gasteiger partial charge in [-0.25, -0.2) is 14.4 Å². The van der Waals surface area contributed by atoms with Gasteiger partial charge in [-0.15, -0.1) is 11.3 Å². The molecule has 0 bridgehead atoms. The molecule has 2 amide bonds. The average Bonchev–Trinajstić information content (AvgIpc) is 3.00. The van der Waals surface area contributed by atoms with Crippen molar-refractivity contribution in [2.24, 2.45) is 5.73 Å². The lowest BCUT2D eigenvalue weighted by molar-refractivity contribution is -0.120. The van der Waals surface area contributed by atoms with E-state index in [0.29, 0.717) is 50.8 Å². The molecule has 4 rings (SSSR count). The minimum atomic E-state index is -0.522. The van der Waals surface area contributed by atoms with Crippen LogP contribution in [-0.4, -0.2) is 33.9 Å². The molecule has 4 N–H and O–H groups in total. The van der Waals surface area contributed by atoms with Gasteiger partial charge in [0.1, 0.15) is 34.6 Å². The minimum absolute atomic E-state index is 0.0691. The van der Waals surface area contributed by atoms with E-state index in [-0.39, 0.29) is 18.1 Å². The van der Waals surface area contributed by atoms with Crippen molar-refractivity contribution in [2.45, 2.75) is 38.8 Å². The number of hydrogen-bond acceptors (Lipinski definition) is 7. The van der Waals surface area contributed by atoms with Crippen LogP contribution in [-0.2, 0) is 4.79 Å². The van der Waals surface area contributed by atoms with Gasteiger partial charge in [0.05, 0.1) is 16.0 Å². The minimum Gasteiger partial charge on any atom is -0.488 e. The van der Waals surface area contributed by atoms with Crippen LogP contribution < -0.4 is 21.1 Å². The largest absolute Gasteiger partial charge is 0.488 e. The zero-order valence-electron chi connectivity index (χ0n) is 16.4. The zero-order chi connectivity index (χ0) is 21.4. The van der Waals surface area contributed by atoms with E-state index in [1.165, 1.54) is 36.7 Å². The third-order valence-electron chi connectivity index (χ3n) is 4.94. The van der Waals surface area contributed by atoms with Gasteiger partial charge in [-0.1, -0.05) is 0 Å². The van der Waals surface area contributed by atoms with E-state index in [4.69, 9.17) is 10.5 Å². The first-order valence-corrected chi connectivity index (χ1v) is 10.2. The van der Waals surface area contributed by atoms with Crippen LogP contribution in [0.2, 0.25) is 0 Å². The molecule has 0 atom stereocenters. The summed E-state index contributed by atoms with van der Waals surface area (Å²) in [5, 5.41) is 6.69. The molecule has 2 aromatic heterocycles. The van der Waals surface area contributed by atoms with Crippen molar-refractivity contribution >= 4 is 44.9 Å². The van der Waals surface area contributed by atoms with Crippen LogP contribution in [0.5, 0.6) is 5.75 Å². The fourth-order valence-electron chi connectivity index (χ4n) is 3.47. The lowest BCUT2D eigenvalue weighted by Crippen LogP contribution is -2.48. The Morgan fingerprint density at radius 2 is 2.07 bits per heavy atom. The van der Waals surface area contributed by atoms with E-state index in [1.807, 2.05) is 0 Å². The maximum atomic E-state index is 13.9. The third-order valence-corrected chi connectivity index (χ3v) is 6.16. The summed E-state index contributed by atoms with van der Waals surface area (Å²) in [6, 6.07) is 4.27. The number of benzene rings is 1. The van der Waals surface area contributed by atoms with Gasteiger partial charge in [0, 0.05) is 31.9 Å². The summed E-state index contributed by atoms with van der Waals surface area (Å²) in [5.74, 6) is -0.214. The molecule has 1 fully saturated rings. The summed E-state index contributed by atoms with van der Waals surface area (Å²) >= 11 is 1.20. The van der Waals surface area contributed by atoms with Gasteiger partial charge in [0.15, 0.2) is 0 Å². The number of hydrogen-bond donors (Lipinski definition) is 3. The number of carbonyl (C=O) groups excluding carboxylic acids is 2. The lowest BCUT2D eigenvalue weighted by atomic mass is 9.89. The summed E-state index contributed by atoms with van der Waals surface area (Å²) in [6.45, 7) is 3.26. The summed E-state index contributed by atoms with van der Waals surface area (Å²) in [6.07, 6.45) is 2.57. The number of nitrogens with zero attached hydrogens (tertiary/aromatic N) is 2. The molecule has 1 saturated carbocycles. The van der Waals surface area contributed by atoms with Crippen LogP contribution in [0.1, 0.15) is 35.0 Å². The van der Waals surface area contributed by atoms with Gasteiger partial charge < -0.3 is 21.1 Å². The smallest absolute Gasteiger partial charge is 0.259 e. The normalized spacial score (nSPS) is 18.0. The number of carbonyl (C=O) groups is 2. The van der Waals surface area contributed by atoms with Gasteiger partial charge in [-0.05, 0) is 24.6 Å². The van der Waals surface area contributed by atoms with Gasteiger partial charge in [-0.3, -0.25) is 9.59 Å². The molecule has 0 unspecified atom stereocenters. The number of rotatable bonds is 6. The van der Waals surface area contributed by atoms with Crippen molar-refractivity contribution in [2.75, 3.05) is 5.32 Å². The number of halogens is 1. The molecule has 3 aromatic rings. The average molecular weight is 429 g/mol. The molecule has 30 heavy (non-hydrogen) atoms. The highest BCUT2D eigenvalue weighted by atomic mass is 32.1. The molecule has 0 aliphatic heterocycles. The highest BCUT2D eigenvalue weighted by Crippen LogP contribution is 2.37. The van der Waals surface area contributed by atoms with Crippen molar-refractivity contribution in [3.05, 3.63) is 40.8 Å². The Balaban J connectivity index is 1.60. The van der Waals surface area contributed by atoms with Crippen molar-refractivity contribution in [3.8, 4) is 5.75 Å². The monoisotopic (exact) mass is 429 g/mol. The number of nitrogens with one attached hydrogen (secondary N) is 2. The maximum Gasteiger partial charge on any atom is 0.259 e. The number of ether oxygens (including phenoxy) is 1. The maximum absolute atomic E-state index is 13.9. The van der Waals surface area contributed by atoms with E-state index < -0.39 is 11.7 Å². The first-order valence-electron chi connectivity index (χ1n) is 9.36. The number of nitrogens with two attached hydrogens (primary N) is 1. The second-order valence-corrected chi connectivity index (χ2v) is 8.20. The Hall–Kier alpha value is -3.27. The van der Waals surface area contributed by atoms with Crippen molar-refractivity contribution in [1.82, 2.24) is 15.3 Å². The van der Waals surface area contributed by atoms with Crippen molar-refractivity contribution in [1.29, 1.82) is 0 Å². The number of thiophene rings is 1. The summed E-state index contributed by atoms with van der Waals surface area (Å²) in [4.78, 5) is 32.4. The summed E-state index contributed by atoms with van der Waals surface area (Å²) in [5.41, 5.74) is 6.68. The van der Waals surface area contributed by atoms with Crippen LogP contribution >= 0.6 is 11.3 Å². The molecule has 8 nitrogen and oxygen atoms in total. The Labute approximate surface area is 175 Å². The molecule has 0 spiro atoms. The second kappa shape index (κ2) is 7.86. The summed E-state index contributed by atoms with van der Waals surface area (Å²) in [7, 11) is 0. The molecule has 0 radical (unpaired) electrons. The number of anilines is 2. The van der Waals surface area contributed by atoms with E-state index >= 15 is 0 Å². The van der Waals surface area contributed by atoms with E-state index in [1.54, 1.807) is 13.0 Å². The van der Waals surface area contributed by atoms with Crippen LogP contribution in [0.15, 0.2) is 24.5 Å². The SMILES string of the molecule is CC(=O)NC1CC(Oc2cc(F)ccc2Nc2ncnc3sc(C(N)=O)c(C)c23)C1. The highest BCUT2D eigenvalue weighted by molar-refractivity contribution is 7.20. The Morgan fingerprint density at radius 1 is 1.30 bits per heavy atom. The number of primary amides is 1.